The van der Waals surface area contributed by atoms with Crippen molar-refractivity contribution in [2.24, 2.45) is 0 Å². The van der Waals surface area contributed by atoms with E-state index in [9.17, 15) is 0 Å². The monoisotopic (exact) mass is 1190 g/mol. The smallest absolute Gasteiger partial charge is 0.264 e. The zero-order chi connectivity index (χ0) is 63.4. The van der Waals surface area contributed by atoms with E-state index in [0.717, 1.165) is 19.3 Å². The molecule has 2 aliphatic heterocycles. The minimum Gasteiger partial charge on any atom is -0.311 e. The van der Waals surface area contributed by atoms with E-state index in [1.807, 2.05) is 0 Å². The quantitative estimate of drug-likeness (QED) is 0.163. The number of thiophene rings is 1. The maximum atomic E-state index is 2.83. The first-order valence-corrected chi connectivity index (χ1v) is 35.1. The van der Waals surface area contributed by atoms with Crippen molar-refractivity contribution in [2.75, 3.05) is 9.80 Å². The van der Waals surface area contributed by atoms with Crippen LogP contribution >= 0.6 is 11.3 Å². The third-order valence-electron chi connectivity index (χ3n) is 24.5. The number of benzene rings is 7. The topological polar surface area (TPSA) is 11.4 Å². The summed E-state index contributed by atoms with van der Waals surface area (Å²) in [5, 5.41) is 4.03. The van der Waals surface area contributed by atoms with Gasteiger partial charge in [-0.1, -0.05) is 183 Å². The lowest BCUT2D eigenvalue weighted by atomic mass is 9.35. The Kier molecular flexibility index (Phi) is 12.2. The Morgan fingerprint density at radius 3 is 1.18 bits per heavy atom. The van der Waals surface area contributed by atoms with Crippen LogP contribution in [0.25, 0.3) is 37.6 Å². The average Bonchev–Trinajstić information content (AvgIpc) is 1.67. The molecular weight excluding hydrogens is 1090 g/mol. The van der Waals surface area contributed by atoms with E-state index in [1.165, 1.54) is 175 Å². The summed E-state index contributed by atoms with van der Waals surface area (Å²) in [6.45, 7) is 54.3. The third kappa shape index (κ3) is 8.66. The summed E-state index contributed by atoms with van der Waals surface area (Å²) in [5.74, 6) is 0. The Bertz CT molecular complexity index is 4470. The summed E-state index contributed by atoms with van der Waals surface area (Å²) in [6.07, 6.45) is 9.37. The Morgan fingerprint density at radius 1 is 0.348 bits per heavy atom. The number of nitrogens with zero attached hydrogens (tertiary/aromatic N) is 3. The van der Waals surface area contributed by atoms with Crippen molar-refractivity contribution in [1.82, 2.24) is 4.57 Å². The molecule has 0 bridgehead atoms. The Morgan fingerprint density at radius 2 is 0.730 bits per heavy atom. The summed E-state index contributed by atoms with van der Waals surface area (Å²) < 4.78 is 5.55. The van der Waals surface area contributed by atoms with Gasteiger partial charge in [0.1, 0.15) is 0 Å². The minimum atomic E-state index is -0.0187. The van der Waals surface area contributed by atoms with Crippen LogP contribution < -0.4 is 25.5 Å². The highest BCUT2D eigenvalue weighted by atomic mass is 32.1. The summed E-state index contributed by atoms with van der Waals surface area (Å²) in [5.41, 5.74) is 29.5. The second-order valence-electron chi connectivity index (χ2n) is 36.5. The van der Waals surface area contributed by atoms with Gasteiger partial charge in [0.2, 0.25) is 0 Å². The highest BCUT2D eigenvalue weighted by Crippen LogP contribution is 2.57. The van der Waals surface area contributed by atoms with Gasteiger partial charge >= 0.3 is 0 Å². The standard InChI is InChI=1S/C84H100BN3S/c1-75(2,3)49-23-29-66-54(39-49)55-40-50(76(4,5)6)24-30-67(55)87(66)53-43-69-72-70(44-53)88(52-26-28-58-60(42-52)80(13,14)34-32-78(58,9)10)73-56-45-61-64(84(21,22)38-35-81(61,15)16)48-71(56)89-74(73)85(72)65-46-62-63(83(19,20)37-36-82(62,17)18)47-68(65)86(69)51-25-27-57-59(41-51)79(11,12)33-31-77(57,7)8/h23-30,39-48H,31-38H2,1-22H3. The lowest BCUT2D eigenvalue weighted by Gasteiger charge is -2.48. The van der Waals surface area contributed by atoms with Crippen molar-refractivity contribution in [2.45, 2.75) is 258 Å². The Labute approximate surface area is 539 Å². The van der Waals surface area contributed by atoms with Gasteiger partial charge in [-0.05, 0) is 251 Å². The molecule has 0 atom stereocenters. The lowest BCUT2D eigenvalue weighted by Crippen LogP contribution is -2.61. The fraction of sp³-hybridized carbons (Fsp3) is 0.476. The van der Waals surface area contributed by atoms with Crippen molar-refractivity contribution in [1.29, 1.82) is 0 Å². The summed E-state index contributed by atoms with van der Waals surface area (Å²) >= 11 is 2.10. The number of hydrogen-bond donors (Lipinski definition) is 0. The molecule has 0 N–H and O–H groups in total. The molecule has 7 aromatic carbocycles. The molecule has 0 fully saturated rings. The van der Waals surface area contributed by atoms with Gasteiger partial charge in [-0.3, -0.25) is 0 Å². The summed E-state index contributed by atoms with van der Waals surface area (Å²) in [6, 6.07) is 46.5. The normalized spacial score (nSPS) is 21.0. The molecular formula is C84H100BN3S. The van der Waals surface area contributed by atoms with E-state index in [1.54, 1.807) is 0 Å². The van der Waals surface area contributed by atoms with E-state index in [4.69, 9.17) is 0 Å². The highest BCUT2D eigenvalue weighted by molar-refractivity contribution is 7.33. The number of hydrogen-bond acceptors (Lipinski definition) is 3. The number of rotatable bonds is 3. The van der Waals surface area contributed by atoms with Crippen LogP contribution in [0.15, 0.2) is 109 Å². The first-order chi connectivity index (χ1) is 41.3. The molecule has 0 spiro atoms. The maximum absolute atomic E-state index is 2.83. The summed E-state index contributed by atoms with van der Waals surface area (Å²) in [7, 11) is 0. The van der Waals surface area contributed by atoms with Crippen LogP contribution in [0.5, 0.6) is 0 Å². The number of fused-ring (bicyclic) bond motifs is 13. The van der Waals surface area contributed by atoms with Gasteiger partial charge in [-0.25, -0.2) is 0 Å². The minimum absolute atomic E-state index is 0.00109. The van der Waals surface area contributed by atoms with Crippen LogP contribution in [0.1, 0.15) is 259 Å². The molecule has 6 aliphatic rings. The van der Waals surface area contributed by atoms with E-state index in [0.29, 0.717) is 0 Å². The zero-order valence-electron chi connectivity index (χ0n) is 58.4. The summed E-state index contributed by atoms with van der Waals surface area (Å²) in [4.78, 5) is 5.63. The van der Waals surface area contributed by atoms with Crippen LogP contribution in [0.3, 0.4) is 0 Å². The van der Waals surface area contributed by atoms with Crippen molar-refractivity contribution < 1.29 is 0 Å². The van der Waals surface area contributed by atoms with Crippen molar-refractivity contribution >= 4 is 99.8 Å². The van der Waals surface area contributed by atoms with Crippen LogP contribution in [-0.4, -0.2) is 11.3 Å². The van der Waals surface area contributed by atoms with E-state index < -0.39 is 0 Å². The van der Waals surface area contributed by atoms with E-state index >= 15 is 0 Å². The van der Waals surface area contributed by atoms with Gasteiger partial charge in [-0.15, -0.1) is 11.3 Å². The van der Waals surface area contributed by atoms with Crippen molar-refractivity contribution in [3.8, 4) is 5.69 Å². The van der Waals surface area contributed by atoms with Gasteiger partial charge in [0, 0.05) is 54.1 Å². The van der Waals surface area contributed by atoms with Crippen LogP contribution in [0.4, 0.5) is 34.1 Å². The molecule has 3 nitrogen and oxygen atoms in total. The molecule has 2 aromatic heterocycles. The zero-order valence-corrected chi connectivity index (χ0v) is 59.2. The number of aromatic nitrogens is 1. The molecule has 4 aliphatic carbocycles. The van der Waals surface area contributed by atoms with Gasteiger partial charge < -0.3 is 14.4 Å². The molecule has 0 saturated carbocycles. The van der Waals surface area contributed by atoms with Crippen molar-refractivity contribution in [3.05, 3.63) is 165 Å². The molecule has 15 rings (SSSR count). The van der Waals surface area contributed by atoms with E-state index in [-0.39, 0.29) is 60.9 Å². The lowest BCUT2D eigenvalue weighted by molar-refractivity contribution is 0.332. The molecule has 9 aromatic rings. The Hall–Kier alpha value is -6.04. The molecule has 4 heterocycles. The first kappa shape index (κ1) is 59.3. The fourth-order valence-electron chi connectivity index (χ4n) is 17.9. The SMILES string of the molecule is CC(C)(C)c1ccc2c(c1)c1cc(C(C)(C)C)ccc1n2-c1cc2c3c(c1)N(c1ccc4c(c1)C(C)(C)CCC4(C)C)c1c(sc4cc5c(cc14)C(C)(C)CCC5(C)C)B3c1cc3c(cc1N2c1ccc2c(c1)C(C)(C)CCC2(C)C)C(C)(C)CCC3(C)C. The molecule has 0 saturated heterocycles. The predicted molar refractivity (Wildman–Crippen MR) is 389 cm³/mol. The maximum Gasteiger partial charge on any atom is 0.264 e. The molecule has 89 heavy (non-hydrogen) atoms. The largest absolute Gasteiger partial charge is 0.311 e. The molecule has 460 valence electrons. The molecule has 0 amide bonds. The predicted octanol–water partition coefficient (Wildman–Crippen LogP) is 22.1. The second kappa shape index (κ2) is 18.4. The van der Waals surface area contributed by atoms with Gasteiger partial charge in [-0.2, -0.15) is 0 Å². The van der Waals surface area contributed by atoms with Crippen LogP contribution in [0.2, 0.25) is 0 Å². The number of anilines is 6. The van der Waals surface area contributed by atoms with Crippen LogP contribution in [0, 0.1) is 0 Å². The third-order valence-corrected chi connectivity index (χ3v) is 25.7. The van der Waals surface area contributed by atoms with Crippen LogP contribution in [-0.2, 0) is 54.1 Å². The Balaban J connectivity index is 1.14. The molecule has 0 radical (unpaired) electrons. The average molecular weight is 1190 g/mol. The first-order valence-electron chi connectivity index (χ1n) is 34.3. The van der Waals surface area contributed by atoms with Crippen molar-refractivity contribution in [3.63, 3.8) is 0 Å². The van der Waals surface area contributed by atoms with Gasteiger partial charge in [0.05, 0.1) is 22.4 Å². The van der Waals surface area contributed by atoms with E-state index in [2.05, 4.69) is 287 Å². The molecule has 5 heteroatoms. The molecule has 0 unspecified atom stereocenters. The second-order valence-corrected chi connectivity index (χ2v) is 37.6. The fourth-order valence-corrected chi connectivity index (χ4v) is 19.3. The van der Waals surface area contributed by atoms with Gasteiger partial charge in [0.15, 0.2) is 0 Å². The highest BCUT2D eigenvalue weighted by Gasteiger charge is 2.50. The van der Waals surface area contributed by atoms with Gasteiger partial charge in [0.25, 0.3) is 6.71 Å².